The third-order valence-corrected chi connectivity index (χ3v) is 7.66. The van der Waals surface area contributed by atoms with Gasteiger partial charge in [0.2, 0.25) is 11.8 Å². The minimum atomic E-state index is -0.681. The Morgan fingerprint density at radius 1 is 1.08 bits per heavy atom. The Labute approximate surface area is 209 Å². The molecule has 3 amide bonds. The number of imidazole rings is 1. The molecule has 3 saturated heterocycles. The Kier molecular flexibility index (Phi) is 6.96. The van der Waals surface area contributed by atoms with Gasteiger partial charge in [0, 0.05) is 52.2 Å². The average molecular weight is 499 g/mol. The van der Waals surface area contributed by atoms with Crippen LogP contribution in [-0.4, -0.2) is 88.1 Å². The number of carbonyl (C=O) groups is 3. The van der Waals surface area contributed by atoms with Crippen molar-refractivity contribution in [3.8, 4) is 0 Å². The standard InChI is InChI=1S/C25H34N6O5/c1-28-20-14-16(2-4-18(20)31(25(28)35)19-5-7-22(32)27-23(19)33)8-9-29-10-12-30(13-11-29)24(34)21-6-3-17(26)15-36-21/h2,4,14,17,19,21H,3,5-13,15,26H2,1H3,(H,27,32,33). The Morgan fingerprint density at radius 2 is 1.86 bits per heavy atom. The molecule has 11 heteroatoms. The molecule has 3 N–H and O–H groups in total. The van der Waals surface area contributed by atoms with Crippen LogP contribution in [0.15, 0.2) is 23.0 Å². The van der Waals surface area contributed by atoms with Gasteiger partial charge in [0.05, 0.1) is 17.6 Å². The van der Waals surface area contributed by atoms with Gasteiger partial charge >= 0.3 is 5.69 Å². The van der Waals surface area contributed by atoms with E-state index < -0.39 is 11.9 Å². The Balaban J connectivity index is 1.19. The van der Waals surface area contributed by atoms with E-state index in [1.54, 1.807) is 11.6 Å². The number of benzene rings is 1. The molecule has 3 unspecified atom stereocenters. The SMILES string of the molecule is Cn1c(=O)n(C2CCC(=O)NC2=O)c2ccc(CCN3CCN(C(=O)C4CCC(N)CO4)CC3)cc21. The quantitative estimate of drug-likeness (QED) is 0.532. The summed E-state index contributed by atoms with van der Waals surface area (Å²) in [4.78, 5) is 53.9. The summed E-state index contributed by atoms with van der Waals surface area (Å²) >= 11 is 0. The second-order valence-electron chi connectivity index (χ2n) is 10.1. The molecule has 3 aliphatic rings. The van der Waals surface area contributed by atoms with Crippen molar-refractivity contribution < 1.29 is 19.1 Å². The minimum absolute atomic E-state index is 0.0310. The lowest BCUT2D eigenvalue weighted by Gasteiger charge is -2.37. The summed E-state index contributed by atoms with van der Waals surface area (Å²) < 4.78 is 8.71. The van der Waals surface area contributed by atoms with Gasteiger partial charge in [0.25, 0.3) is 5.91 Å². The summed E-state index contributed by atoms with van der Waals surface area (Å²) in [6.07, 6.45) is 2.51. The molecule has 5 rings (SSSR count). The maximum atomic E-state index is 13.0. The number of nitrogens with zero attached hydrogens (tertiary/aromatic N) is 4. The van der Waals surface area contributed by atoms with E-state index in [1.807, 2.05) is 23.1 Å². The fourth-order valence-electron chi connectivity index (χ4n) is 5.44. The molecule has 0 aliphatic carbocycles. The number of imide groups is 1. The van der Waals surface area contributed by atoms with Gasteiger partial charge in [0.15, 0.2) is 0 Å². The van der Waals surface area contributed by atoms with E-state index in [1.165, 1.54) is 4.57 Å². The van der Waals surface area contributed by atoms with Crippen molar-refractivity contribution in [1.82, 2.24) is 24.3 Å². The zero-order chi connectivity index (χ0) is 25.4. The summed E-state index contributed by atoms with van der Waals surface area (Å²) in [5.74, 6) is -0.654. The van der Waals surface area contributed by atoms with E-state index in [-0.39, 0.29) is 36.1 Å². The van der Waals surface area contributed by atoms with Crippen LogP contribution in [0.1, 0.15) is 37.3 Å². The lowest BCUT2D eigenvalue weighted by molar-refractivity contribution is -0.148. The number of aromatic nitrogens is 2. The lowest BCUT2D eigenvalue weighted by atomic mass is 10.0. The van der Waals surface area contributed by atoms with E-state index in [0.29, 0.717) is 38.1 Å². The van der Waals surface area contributed by atoms with Crippen LogP contribution in [0.3, 0.4) is 0 Å². The lowest BCUT2D eigenvalue weighted by Crippen LogP contribution is -2.53. The smallest absolute Gasteiger partial charge is 0.329 e. The van der Waals surface area contributed by atoms with Crippen LogP contribution >= 0.6 is 0 Å². The van der Waals surface area contributed by atoms with E-state index in [4.69, 9.17) is 10.5 Å². The van der Waals surface area contributed by atoms with Gasteiger partial charge in [-0.05, 0) is 43.4 Å². The Bertz CT molecular complexity index is 1220. The molecule has 0 saturated carbocycles. The molecule has 4 heterocycles. The molecule has 3 aliphatic heterocycles. The zero-order valence-electron chi connectivity index (χ0n) is 20.6. The predicted molar refractivity (Wildman–Crippen MR) is 132 cm³/mol. The van der Waals surface area contributed by atoms with E-state index in [2.05, 4.69) is 10.2 Å². The first-order valence-corrected chi connectivity index (χ1v) is 12.7. The molecule has 0 spiro atoms. The van der Waals surface area contributed by atoms with Crippen molar-refractivity contribution in [2.45, 2.75) is 50.3 Å². The minimum Gasteiger partial charge on any atom is -0.367 e. The maximum Gasteiger partial charge on any atom is 0.329 e. The van der Waals surface area contributed by atoms with Gasteiger partial charge in [0.1, 0.15) is 12.1 Å². The average Bonchev–Trinajstić information content (AvgIpc) is 3.12. The molecule has 11 nitrogen and oxygen atoms in total. The van der Waals surface area contributed by atoms with Crippen molar-refractivity contribution in [2.24, 2.45) is 12.8 Å². The monoisotopic (exact) mass is 498 g/mol. The summed E-state index contributed by atoms with van der Waals surface area (Å²) in [6.45, 7) is 4.29. The number of rotatable bonds is 5. The predicted octanol–water partition coefficient (Wildman–Crippen LogP) is -0.489. The van der Waals surface area contributed by atoms with E-state index in [0.717, 1.165) is 43.6 Å². The number of nitrogens with two attached hydrogens (primary N) is 1. The second kappa shape index (κ2) is 10.2. The van der Waals surface area contributed by atoms with Crippen LogP contribution in [0.2, 0.25) is 0 Å². The topological polar surface area (TPSA) is 132 Å². The van der Waals surface area contributed by atoms with Crippen molar-refractivity contribution in [3.63, 3.8) is 0 Å². The number of aryl methyl sites for hydroxylation is 1. The summed E-state index contributed by atoms with van der Waals surface area (Å²) in [5.41, 5.74) is 8.16. The third kappa shape index (κ3) is 4.82. The van der Waals surface area contributed by atoms with Gasteiger partial charge in [-0.3, -0.25) is 33.7 Å². The largest absolute Gasteiger partial charge is 0.367 e. The van der Waals surface area contributed by atoms with Crippen LogP contribution in [0.5, 0.6) is 0 Å². The van der Waals surface area contributed by atoms with Crippen molar-refractivity contribution in [2.75, 3.05) is 39.3 Å². The number of ether oxygens (including phenoxy) is 1. The molecule has 3 atom stereocenters. The Hall–Kier alpha value is -3.02. The molecular formula is C25H34N6O5. The van der Waals surface area contributed by atoms with Crippen LogP contribution in [0, 0.1) is 0 Å². The molecule has 194 valence electrons. The first-order valence-electron chi connectivity index (χ1n) is 12.7. The van der Waals surface area contributed by atoms with Crippen LogP contribution in [0.4, 0.5) is 0 Å². The van der Waals surface area contributed by atoms with Crippen molar-refractivity contribution >= 4 is 28.8 Å². The van der Waals surface area contributed by atoms with E-state index in [9.17, 15) is 19.2 Å². The Morgan fingerprint density at radius 3 is 2.56 bits per heavy atom. The highest BCUT2D eigenvalue weighted by Gasteiger charge is 2.32. The fourth-order valence-corrected chi connectivity index (χ4v) is 5.44. The van der Waals surface area contributed by atoms with Gasteiger partial charge in [-0.15, -0.1) is 0 Å². The number of fused-ring (bicyclic) bond motifs is 1. The summed E-state index contributed by atoms with van der Waals surface area (Å²) in [6, 6.07) is 5.24. The highest BCUT2D eigenvalue weighted by atomic mass is 16.5. The highest BCUT2D eigenvalue weighted by Crippen LogP contribution is 2.24. The number of amides is 3. The number of piperidine rings is 1. The fraction of sp³-hybridized carbons (Fsp3) is 0.600. The summed E-state index contributed by atoms with van der Waals surface area (Å²) in [5, 5.41) is 2.34. The number of piperazine rings is 1. The molecule has 2 aromatic rings. The van der Waals surface area contributed by atoms with Gasteiger partial charge in [-0.1, -0.05) is 6.07 Å². The van der Waals surface area contributed by atoms with E-state index >= 15 is 0 Å². The molecule has 0 bridgehead atoms. The number of carbonyl (C=O) groups excluding carboxylic acids is 3. The second-order valence-corrected chi connectivity index (χ2v) is 10.1. The molecule has 1 aromatic heterocycles. The first kappa shape index (κ1) is 24.7. The molecule has 0 radical (unpaired) electrons. The summed E-state index contributed by atoms with van der Waals surface area (Å²) in [7, 11) is 1.71. The van der Waals surface area contributed by atoms with Crippen molar-refractivity contribution in [3.05, 3.63) is 34.2 Å². The molecular weight excluding hydrogens is 464 g/mol. The highest BCUT2D eigenvalue weighted by molar-refractivity contribution is 6.00. The van der Waals surface area contributed by atoms with Crippen LogP contribution in [0.25, 0.3) is 11.0 Å². The number of nitrogens with one attached hydrogen (secondary N) is 1. The van der Waals surface area contributed by atoms with Crippen molar-refractivity contribution in [1.29, 1.82) is 0 Å². The molecule has 36 heavy (non-hydrogen) atoms. The van der Waals surface area contributed by atoms with Gasteiger partial charge in [-0.25, -0.2) is 4.79 Å². The van der Waals surface area contributed by atoms with Gasteiger partial charge < -0.3 is 15.4 Å². The number of hydrogen-bond acceptors (Lipinski definition) is 7. The van der Waals surface area contributed by atoms with Gasteiger partial charge in [-0.2, -0.15) is 0 Å². The zero-order valence-corrected chi connectivity index (χ0v) is 20.6. The first-order chi connectivity index (χ1) is 17.3. The normalized spacial score (nSPS) is 25.8. The number of hydrogen-bond donors (Lipinski definition) is 2. The maximum absolute atomic E-state index is 13.0. The third-order valence-electron chi connectivity index (χ3n) is 7.66. The van der Waals surface area contributed by atoms with Crippen LogP contribution < -0.4 is 16.7 Å². The molecule has 3 fully saturated rings. The van der Waals surface area contributed by atoms with Crippen LogP contribution in [-0.2, 0) is 32.6 Å². The molecule has 1 aromatic carbocycles.